The van der Waals surface area contributed by atoms with Gasteiger partial charge in [-0.2, -0.15) is 0 Å². The molecular weight excluding hydrogens is 264 g/mol. The molecule has 0 aromatic carbocycles. The highest BCUT2D eigenvalue weighted by molar-refractivity contribution is 7.09. The van der Waals surface area contributed by atoms with E-state index in [9.17, 15) is 9.59 Å². The first kappa shape index (κ1) is 14.0. The number of carbonyl (C=O) groups excluding carboxylic acids is 2. The molecule has 2 heterocycles. The van der Waals surface area contributed by atoms with Gasteiger partial charge in [-0.25, -0.2) is 4.98 Å². The summed E-state index contributed by atoms with van der Waals surface area (Å²) < 4.78 is 5.03. The van der Waals surface area contributed by atoms with Crippen LogP contribution in [0.1, 0.15) is 35.3 Å². The third-order valence-corrected chi connectivity index (χ3v) is 3.94. The van der Waals surface area contributed by atoms with Crippen molar-refractivity contribution in [2.75, 3.05) is 19.7 Å². The average molecular weight is 282 g/mol. The first-order chi connectivity index (χ1) is 9.11. The molecule has 5 nitrogen and oxygen atoms in total. The fourth-order valence-corrected chi connectivity index (χ4v) is 2.82. The van der Waals surface area contributed by atoms with Crippen molar-refractivity contribution in [3.63, 3.8) is 0 Å². The Balaban J connectivity index is 2.01. The van der Waals surface area contributed by atoms with E-state index in [1.54, 1.807) is 17.2 Å². The van der Waals surface area contributed by atoms with Crippen LogP contribution in [0.25, 0.3) is 0 Å². The van der Waals surface area contributed by atoms with Crippen molar-refractivity contribution in [1.82, 2.24) is 9.88 Å². The maximum Gasteiger partial charge on any atom is 0.310 e. The first-order valence-corrected chi connectivity index (χ1v) is 7.37. The fraction of sp³-hybridized carbons (Fsp3) is 0.615. The molecule has 0 radical (unpaired) electrons. The van der Waals surface area contributed by atoms with Gasteiger partial charge in [0.25, 0.3) is 5.91 Å². The summed E-state index contributed by atoms with van der Waals surface area (Å²) in [5.41, 5.74) is 0.479. The molecule has 1 aromatic heterocycles. The molecule has 19 heavy (non-hydrogen) atoms. The van der Waals surface area contributed by atoms with Crippen molar-refractivity contribution in [3.8, 4) is 0 Å². The van der Waals surface area contributed by atoms with Crippen LogP contribution in [0.4, 0.5) is 0 Å². The van der Waals surface area contributed by atoms with Gasteiger partial charge < -0.3 is 9.64 Å². The van der Waals surface area contributed by atoms with Crippen LogP contribution in [-0.2, 0) is 9.53 Å². The zero-order valence-corrected chi connectivity index (χ0v) is 12.0. The quantitative estimate of drug-likeness (QED) is 0.794. The molecule has 2 rings (SSSR count). The molecular formula is C13H18N2O3S. The highest BCUT2D eigenvalue weighted by atomic mass is 32.1. The summed E-state index contributed by atoms with van der Waals surface area (Å²) in [6.07, 6.45) is 1.62. The molecule has 104 valence electrons. The maximum atomic E-state index is 12.3. The summed E-state index contributed by atoms with van der Waals surface area (Å²) in [4.78, 5) is 29.9. The molecule has 0 bridgehead atoms. The van der Waals surface area contributed by atoms with E-state index in [2.05, 4.69) is 4.98 Å². The number of hydrogen-bond donors (Lipinski definition) is 0. The number of aromatic nitrogens is 1. The molecule has 0 unspecified atom stereocenters. The zero-order valence-electron chi connectivity index (χ0n) is 11.2. The summed E-state index contributed by atoms with van der Waals surface area (Å²) >= 11 is 1.46. The number of amides is 1. The Labute approximate surface area is 116 Å². The lowest BCUT2D eigenvalue weighted by Crippen LogP contribution is -2.42. The standard InChI is InChI=1S/C13H18N2O3S/c1-3-18-13(17)10-5-4-6-15(7-10)12(16)11-8-19-9(2)14-11/h8,10H,3-7H2,1-2H3/t10-/m0/s1. The predicted molar refractivity (Wildman–Crippen MR) is 72.1 cm³/mol. The van der Waals surface area contributed by atoms with Crippen LogP contribution in [0.3, 0.4) is 0 Å². The van der Waals surface area contributed by atoms with E-state index in [-0.39, 0.29) is 17.8 Å². The fourth-order valence-electron chi connectivity index (χ4n) is 2.24. The van der Waals surface area contributed by atoms with E-state index in [0.29, 0.717) is 25.4 Å². The lowest BCUT2D eigenvalue weighted by Gasteiger charge is -2.31. The predicted octanol–water partition coefficient (Wildman–Crippen LogP) is 1.87. The molecule has 0 N–H and O–H groups in total. The van der Waals surface area contributed by atoms with Crippen molar-refractivity contribution in [2.45, 2.75) is 26.7 Å². The van der Waals surface area contributed by atoms with Gasteiger partial charge in [-0.15, -0.1) is 11.3 Å². The largest absolute Gasteiger partial charge is 0.466 e. The molecule has 0 spiro atoms. The Morgan fingerprint density at radius 1 is 1.58 bits per heavy atom. The number of esters is 1. The minimum Gasteiger partial charge on any atom is -0.466 e. The Hall–Kier alpha value is -1.43. The minimum absolute atomic E-state index is 0.0849. The van der Waals surface area contributed by atoms with Crippen LogP contribution in [0.15, 0.2) is 5.38 Å². The SMILES string of the molecule is CCOC(=O)[C@H]1CCCN(C(=O)c2csc(C)n2)C1. The third kappa shape index (κ3) is 3.32. The van der Waals surface area contributed by atoms with Gasteiger partial charge in [-0.3, -0.25) is 9.59 Å². The summed E-state index contributed by atoms with van der Waals surface area (Å²) in [6, 6.07) is 0. The smallest absolute Gasteiger partial charge is 0.310 e. The molecule has 1 fully saturated rings. The Morgan fingerprint density at radius 2 is 2.37 bits per heavy atom. The number of aryl methyl sites for hydroxylation is 1. The normalized spacial score (nSPS) is 19.3. The lowest BCUT2D eigenvalue weighted by atomic mass is 9.98. The van der Waals surface area contributed by atoms with Crippen molar-refractivity contribution in [3.05, 3.63) is 16.1 Å². The van der Waals surface area contributed by atoms with Gasteiger partial charge in [0.15, 0.2) is 0 Å². The number of ether oxygens (including phenoxy) is 1. The molecule has 1 atom stereocenters. The monoisotopic (exact) mass is 282 g/mol. The highest BCUT2D eigenvalue weighted by Gasteiger charge is 2.30. The molecule has 1 amide bonds. The van der Waals surface area contributed by atoms with E-state index in [1.807, 2.05) is 6.92 Å². The van der Waals surface area contributed by atoms with Crippen LogP contribution in [-0.4, -0.2) is 41.5 Å². The molecule has 1 saturated heterocycles. The lowest BCUT2D eigenvalue weighted by molar-refractivity contribution is -0.149. The van der Waals surface area contributed by atoms with Gasteiger partial charge in [-0.1, -0.05) is 0 Å². The molecule has 1 aliphatic heterocycles. The Morgan fingerprint density at radius 3 is 3.00 bits per heavy atom. The summed E-state index contributed by atoms with van der Waals surface area (Å²) in [5, 5.41) is 2.65. The number of likely N-dealkylation sites (tertiary alicyclic amines) is 1. The van der Waals surface area contributed by atoms with Crippen LogP contribution >= 0.6 is 11.3 Å². The van der Waals surface area contributed by atoms with Gasteiger partial charge in [0.1, 0.15) is 5.69 Å². The van der Waals surface area contributed by atoms with E-state index >= 15 is 0 Å². The molecule has 1 aliphatic rings. The van der Waals surface area contributed by atoms with Crippen LogP contribution in [0, 0.1) is 12.8 Å². The van der Waals surface area contributed by atoms with E-state index in [0.717, 1.165) is 17.8 Å². The zero-order chi connectivity index (χ0) is 13.8. The third-order valence-electron chi connectivity index (χ3n) is 3.17. The van der Waals surface area contributed by atoms with Crippen LogP contribution in [0.5, 0.6) is 0 Å². The maximum absolute atomic E-state index is 12.3. The number of rotatable bonds is 3. The van der Waals surface area contributed by atoms with Crippen molar-refractivity contribution >= 4 is 23.2 Å². The van der Waals surface area contributed by atoms with Crippen LogP contribution in [0.2, 0.25) is 0 Å². The number of hydrogen-bond acceptors (Lipinski definition) is 5. The molecule has 0 saturated carbocycles. The highest BCUT2D eigenvalue weighted by Crippen LogP contribution is 2.20. The molecule has 1 aromatic rings. The van der Waals surface area contributed by atoms with Crippen molar-refractivity contribution in [1.29, 1.82) is 0 Å². The number of nitrogens with zero attached hydrogens (tertiary/aromatic N) is 2. The topological polar surface area (TPSA) is 59.5 Å². The van der Waals surface area contributed by atoms with E-state index < -0.39 is 0 Å². The van der Waals surface area contributed by atoms with Gasteiger partial charge >= 0.3 is 5.97 Å². The second kappa shape index (κ2) is 6.14. The number of thiazole rings is 1. The molecule has 6 heteroatoms. The van der Waals surface area contributed by atoms with E-state index in [1.165, 1.54) is 11.3 Å². The van der Waals surface area contributed by atoms with Gasteiger partial charge in [-0.05, 0) is 26.7 Å². The Bertz CT molecular complexity index is 472. The number of carbonyl (C=O) groups is 2. The summed E-state index contributed by atoms with van der Waals surface area (Å²) in [7, 11) is 0. The second-order valence-electron chi connectivity index (χ2n) is 4.59. The second-order valence-corrected chi connectivity index (χ2v) is 5.66. The Kier molecular flexibility index (Phi) is 4.52. The average Bonchev–Trinajstić information content (AvgIpc) is 2.85. The first-order valence-electron chi connectivity index (χ1n) is 6.50. The van der Waals surface area contributed by atoms with Crippen molar-refractivity contribution < 1.29 is 14.3 Å². The van der Waals surface area contributed by atoms with Crippen molar-refractivity contribution in [2.24, 2.45) is 5.92 Å². The van der Waals surface area contributed by atoms with Gasteiger partial charge in [0.2, 0.25) is 0 Å². The van der Waals surface area contributed by atoms with Gasteiger partial charge in [0, 0.05) is 18.5 Å². The van der Waals surface area contributed by atoms with Gasteiger partial charge in [0.05, 0.1) is 17.5 Å². The van der Waals surface area contributed by atoms with E-state index in [4.69, 9.17) is 4.74 Å². The number of piperidine rings is 1. The summed E-state index contributed by atoms with van der Waals surface area (Å²) in [5.74, 6) is -0.481. The molecule has 0 aliphatic carbocycles. The van der Waals surface area contributed by atoms with Crippen LogP contribution < -0.4 is 0 Å². The minimum atomic E-state index is -0.200. The summed E-state index contributed by atoms with van der Waals surface area (Å²) in [6.45, 7) is 5.18.